The number of hydrogen-bond donors (Lipinski definition) is 0. The van der Waals surface area contributed by atoms with Crippen molar-refractivity contribution >= 4 is 36.5 Å². The molecule has 0 amide bonds. The summed E-state index contributed by atoms with van der Waals surface area (Å²) in [5, 5.41) is 0.0605. The van der Waals surface area contributed by atoms with Gasteiger partial charge in [-0.2, -0.15) is 0 Å². The summed E-state index contributed by atoms with van der Waals surface area (Å²) in [6, 6.07) is 3.75. The summed E-state index contributed by atoms with van der Waals surface area (Å²) in [7, 11) is 4.69. The number of carbonyl (C=O) groups excluding carboxylic acids is 1. The Morgan fingerprint density at radius 2 is 2.33 bits per heavy atom. The molecule has 0 aromatic carbocycles. The van der Waals surface area contributed by atoms with Gasteiger partial charge in [0.1, 0.15) is 4.88 Å². The summed E-state index contributed by atoms with van der Waals surface area (Å²) in [4.78, 5) is 15.0. The zero-order valence-corrected chi connectivity index (χ0v) is 13.7. The van der Waals surface area contributed by atoms with Gasteiger partial charge in [-0.3, -0.25) is 0 Å². The molecule has 8 heteroatoms. The molecule has 0 spiro atoms. The summed E-state index contributed by atoms with van der Waals surface area (Å²) >= 11 is 7.68. The van der Waals surface area contributed by atoms with E-state index in [1.54, 1.807) is 20.8 Å². The van der Waals surface area contributed by atoms with Gasteiger partial charge in [0.15, 0.2) is 0 Å². The lowest BCUT2D eigenvalue weighted by Crippen LogP contribution is -2.40. The fraction of sp³-hybridized carbons (Fsp3) is 0.615. The molecule has 21 heavy (non-hydrogen) atoms. The maximum atomic E-state index is 11.4. The van der Waals surface area contributed by atoms with Gasteiger partial charge in [0.25, 0.3) is 0 Å². The molecule has 2 atom stereocenters. The Kier molecular flexibility index (Phi) is 6.51. The molecule has 0 bridgehead atoms. The van der Waals surface area contributed by atoms with E-state index < -0.39 is 0 Å². The number of esters is 1. The first-order chi connectivity index (χ1) is 10.2. The molecule has 1 radical (unpaired) electrons. The van der Waals surface area contributed by atoms with Crippen LogP contribution in [-0.2, 0) is 20.7 Å². The lowest BCUT2D eigenvalue weighted by Gasteiger charge is -2.23. The maximum Gasteiger partial charge on any atom is 0.398 e. The smallest absolute Gasteiger partial charge is 0.398 e. The second kappa shape index (κ2) is 8.15. The van der Waals surface area contributed by atoms with Crippen molar-refractivity contribution in [3.8, 4) is 0 Å². The van der Waals surface area contributed by atoms with Gasteiger partial charge in [0.05, 0.1) is 25.7 Å². The number of hydrogen-bond acceptors (Lipinski definition) is 6. The van der Waals surface area contributed by atoms with E-state index in [0.717, 1.165) is 17.8 Å². The summed E-state index contributed by atoms with van der Waals surface area (Å²) in [6.45, 7) is 1.86. The SMILES string of the molecule is CO[B]N1CCC(Cl)C1COCc1ccc(C(=O)OC)s1. The van der Waals surface area contributed by atoms with Crippen LogP contribution >= 0.6 is 22.9 Å². The predicted octanol–water partition coefficient (Wildman–Crippen LogP) is 1.91. The van der Waals surface area contributed by atoms with Crippen LogP contribution in [0.5, 0.6) is 0 Å². The van der Waals surface area contributed by atoms with Crippen molar-refractivity contribution < 1.29 is 18.9 Å². The van der Waals surface area contributed by atoms with Gasteiger partial charge < -0.3 is 18.9 Å². The minimum absolute atomic E-state index is 0.0605. The Hall–Kier alpha value is -0.595. The average molecular weight is 331 g/mol. The van der Waals surface area contributed by atoms with Gasteiger partial charge in [-0.15, -0.1) is 22.9 Å². The van der Waals surface area contributed by atoms with Crippen LogP contribution in [0.1, 0.15) is 21.0 Å². The van der Waals surface area contributed by atoms with Gasteiger partial charge in [-0.25, -0.2) is 4.79 Å². The molecule has 0 N–H and O–H groups in total. The highest BCUT2D eigenvalue weighted by Gasteiger charge is 2.33. The minimum Gasteiger partial charge on any atom is -0.465 e. The molecule has 2 unspecified atom stereocenters. The fourth-order valence-electron chi connectivity index (χ4n) is 2.25. The van der Waals surface area contributed by atoms with Gasteiger partial charge >= 0.3 is 13.6 Å². The highest BCUT2D eigenvalue weighted by molar-refractivity contribution is 7.13. The van der Waals surface area contributed by atoms with E-state index in [4.69, 9.17) is 21.0 Å². The molecular formula is C13H18BClNO4S. The Morgan fingerprint density at radius 3 is 3.05 bits per heavy atom. The number of nitrogens with zero attached hydrogens (tertiary/aromatic N) is 1. The van der Waals surface area contributed by atoms with Crippen molar-refractivity contribution in [2.24, 2.45) is 0 Å². The molecule has 115 valence electrons. The van der Waals surface area contributed by atoms with Crippen LogP contribution in [0.15, 0.2) is 12.1 Å². The van der Waals surface area contributed by atoms with Gasteiger partial charge in [-0.05, 0) is 25.1 Å². The summed E-state index contributed by atoms with van der Waals surface area (Å²) in [5.74, 6) is -0.316. The summed E-state index contributed by atoms with van der Waals surface area (Å²) in [5.41, 5.74) is 0. The van der Waals surface area contributed by atoms with Gasteiger partial charge in [-0.1, -0.05) is 0 Å². The molecule has 0 aliphatic carbocycles. The molecule has 1 aromatic heterocycles. The van der Waals surface area contributed by atoms with Crippen molar-refractivity contribution in [2.45, 2.75) is 24.4 Å². The Labute approximate surface area is 134 Å². The molecule has 1 fully saturated rings. The van der Waals surface area contributed by atoms with E-state index in [1.165, 1.54) is 18.4 Å². The number of alkyl halides is 1. The highest BCUT2D eigenvalue weighted by Crippen LogP contribution is 2.23. The highest BCUT2D eigenvalue weighted by atomic mass is 35.5. The largest absolute Gasteiger partial charge is 0.465 e. The third-order valence-corrected chi connectivity index (χ3v) is 4.88. The maximum absolute atomic E-state index is 11.4. The van der Waals surface area contributed by atoms with Gasteiger partial charge in [0, 0.05) is 18.0 Å². The summed E-state index contributed by atoms with van der Waals surface area (Å²) < 4.78 is 15.5. The monoisotopic (exact) mass is 330 g/mol. The minimum atomic E-state index is -0.316. The van der Waals surface area contributed by atoms with E-state index in [9.17, 15) is 4.79 Å². The summed E-state index contributed by atoms with van der Waals surface area (Å²) in [6.07, 6.45) is 0.918. The quantitative estimate of drug-likeness (QED) is 0.434. The van der Waals surface area contributed by atoms with Crippen LogP contribution in [0.3, 0.4) is 0 Å². The Morgan fingerprint density at radius 1 is 1.52 bits per heavy atom. The number of carbonyl (C=O) groups is 1. The zero-order valence-electron chi connectivity index (χ0n) is 12.1. The molecule has 5 nitrogen and oxygen atoms in total. The third kappa shape index (κ3) is 4.44. The number of halogens is 1. The van der Waals surface area contributed by atoms with E-state index in [1.807, 2.05) is 6.07 Å². The molecule has 1 saturated heterocycles. The van der Waals surface area contributed by atoms with Crippen molar-refractivity contribution in [1.29, 1.82) is 0 Å². The molecule has 2 rings (SSSR count). The molecule has 1 aliphatic rings. The Bertz CT molecular complexity index is 471. The number of ether oxygens (including phenoxy) is 2. The van der Waals surface area contributed by atoms with Crippen molar-refractivity contribution in [2.75, 3.05) is 27.4 Å². The first kappa shape index (κ1) is 16.8. The van der Waals surface area contributed by atoms with Crippen molar-refractivity contribution in [1.82, 2.24) is 4.81 Å². The molecular weight excluding hydrogens is 312 g/mol. The fourth-order valence-corrected chi connectivity index (χ4v) is 3.43. The van der Waals surface area contributed by atoms with Crippen LogP contribution in [0.25, 0.3) is 0 Å². The molecule has 2 heterocycles. The standard InChI is InChI=1S/C13H18BClNO4S/c1-18-13(17)12-4-3-9(21-12)7-20-8-11-10(15)5-6-16(11)14-19-2/h3-4,10-11H,5-8H2,1-2H3. The second-order valence-electron chi connectivity index (χ2n) is 4.72. The van der Waals surface area contributed by atoms with Crippen LogP contribution < -0.4 is 0 Å². The third-order valence-electron chi connectivity index (χ3n) is 3.33. The van der Waals surface area contributed by atoms with E-state index in [0.29, 0.717) is 18.1 Å². The lowest BCUT2D eigenvalue weighted by atomic mass is 10.1. The van der Waals surface area contributed by atoms with Crippen LogP contribution in [0.4, 0.5) is 0 Å². The second-order valence-corrected chi connectivity index (χ2v) is 6.45. The molecule has 1 aliphatic heterocycles. The van der Waals surface area contributed by atoms with Crippen LogP contribution in [0, 0.1) is 0 Å². The van der Waals surface area contributed by atoms with Crippen LogP contribution in [-0.4, -0.2) is 57.2 Å². The van der Waals surface area contributed by atoms with Crippen molar-refractivity contribution in [3.63, 3.8) is 0 Å². The average Bonchev–Trinajstić information content (AvgIpc) is 3.08. The first-order valence-electron chi connectivity index (χ1n) is 6.66. The lowest BCUT2D eigenvalue weighted by molar-refractivity contribution is 0.0606. The van der Waals surface area contributed by atoms with E-state index in [-0.39, 0.29) is 17.4 Å². The zero-order chi connectivity index (χ0) is 15.2. The van der Waals surface area contributed by atoms with Crippen molar-refractivity contribution in [3.05, 3.63) is 21.9 Å². The normalized spacial score (nSPS) is 22.4. The molecule has 0 saturated carbocycles. The molecule has 1 aromatic rings. The number of rotatable bonds is 7. The van der Waals surface area contributed by atoms with Crippen LogP contribution in [0.2, 0.25) is 0 Å². The number of thiophene rings is 1. The van der Waals surface area contributed by atoms with E-state index in [2.05, 4.69) is 9.55 Å². The van der Waals surface area contributed by atoms with Gasteiger partial charge in [0.2, 0.25) is 0 Å². The topological polar surface area (TPSA) is 48.0 Å². The number of methoxy groups -OCH3 is 1. The first-order valence-corrected chi connectivity index (χ1v) is 7.91. The predicted molar refractivity (Wildman–Crippen MR) is 82.8 cm³/mol. The van der Waals surface area contributed by atoms with E-state index >= 15 is 0 Å². The Balaban J connectivity index is 1.80.